The van der Waals surface area contributed by atoms with Crippen LogP contribution in [0.3, 0.4) is 0 Å². The minimum absolute atomic E-state index is 0.163. The molecule has 0 aromatic carbocycles. The first kappa shape index (κ1) is 16.4. The van der Waals surface area contributed by atoms with Crippen LogP contribution in [0.4, 0.5) is 0 Å². The Kier molecular flexibility index (Phi) is 4.99. The fraction of sp³-hybridized carbons (Fsp3) is 0.417. The normalized spacial score (nSPS) is 11.4. The topological polar surface area (TPSA) is 104 Å². The van der Waals surface area contributed by atoms with E-state index in [2.05, 4.69) is 20.3 Å². The standard InChI is InChI=1S/C12H15N7OS3/c1-18-8(3-4-13)15-16-11(18)22-6-7-5-9(20)19-10(14-7)23-12(17-19)21-2/h5H,3-4,6,13H2,1-2H3. The van der Waals surface area contributed by atoms with E-state index < -0.39 is 0 Å². The number of nitrogens with two attached hydrogens (primary N) is 1. The van der Waals surface area contributed by atoms with Crippen LogP contribution in [0, 0.1) is 0 Å². The summed E-state index contributed by atoms with van der Waals surface area (Å²) < 4.78 is 4.08. The van der Waals surface area contributed by atoms with Crippen LogP contribution in [0.1, 0.15) is 11.5 Å². The van der Waals surface area contributed by atoms with Gasteiger partial charge >= 0.3 is 0 Å². The predicted molar refractivity (Wildman–Crippen MR) is 92.2 cm³/mol. The van der Waals surface area contributed by atoms with E-state index in [4.69, 9.17) is 5.73 Å². The van der Waals surface area contributed by atoms with Crippen molar-refractivity contribution in [1.82, 2.24) is 29.4 Å². The highest BCUT2D eigenvalue weighted by Crippen LogP contribution is 2.23. The van der Waals surface area contributed by atoms with E-state index in [1.54, 1.807) is 0 Å². The number of thioether (sulfide) groups is 2. The van der Waals surface area contributed by atoms with Crippen molar-refractivity contribution in [2.75, 3.05) is 12.8 Å². The number of rotatable bonds is 6. The van der Waals surface area contributed by atoms with E-state index in [1.807, 2.05) is 17.9 Å². The number of fused-ring (bicyclic) bond motifs is 1. The zero-order valence-electron chi connectivity index (χ0n) is 12.6. The van der Waals surface area contributed by atoms with Crippen LogP contribution in [0.5, 0.6) is 0 Å². The molecule has 0 aliphatic rings. The molecule has 0 atom stereocenters. The van der Waals surface area contributed by atoms with E-state index in [0.29, 0.717) is 29.4 Å². The van der Waals surface area contributed by atoms with Crippen molar-refractivity contribution in [1.29, 1.82) is 0 Å². The minimum Gasteiger partial charge on any atom is -0.330 e. The average Bonchev–Trinajstić information content (AvgIpc) is 3.11. The van der Waals surface area contributed by atoms with Crippen LogP contribution in [-0.2, 0) is 19.2 Å². The molecule has 0 saturated heterocycles. The van der Waals surface area contributed by atoms with Gasteiger partial charge in [-0.2, -0.15) is 4.52 Å². The molecule has 23 heavy (non-hydrogen) atoms. The summed E-state index contributed by atoms with van der Waals surface area (Å²) in [6.07, 6.45) is 2.61. The lowest BCUT2D eigenvalue weighted by Crippen LogP contribution is -2.15. The molecule has 0 bridgehead atoms. The van der Waals surface area contributed by atoms with Gasteiger partial charge in [0.1, 0.15) is 5.82 Å². The van der Waals surface area contributed by atoms with Crippen LogP contribution in [0.2, 0.25) is 0 Å². The van der Waals surface area contributed by atoms with Gasteiger partial charge in [0.2, 0.25) is 4.96 Å². The van der Waals surface area contributed by atoms with Crippen molar-refractivity contribution in [2.24, 2.45) is 12.8 Å². The van der Waals surface area contributed by atoms with Gasteiger partial charge in [0.25, 0.3) is 5.56 Å². The summed E-state index contributed by atoms with van der Waals surface area (Å²) in [4.78, 5) is 17.2. The van der Waals surface area contributed by atoms with E-state index in [9.17, 15) is 4.79 Å². The highest BCUT2D eigenvalue weighted by Gasteiger charge is 2.12. The Bertz CT molecular complexity index is 885. The number of hydrogen-bond acceptors (Lipinski definition) is 9. The molecule has 3 rings (SSSR count). The lowest BCUT2D eigenvalue weighted by atomic mass is 10.4. The molecule has 122 valence electrons. The van der Waals surface area contributed by atoms with Gasteiger partial charge in [-0.1, -0.05) is 34.9 Å². The molecule has 3 aromatic heterocycles. The maximum Gasteiger partial charge on any atom is 0.275 e. The molecule has 0 unspecified atom stereocenters. The fourth-order valence-corrected chi connectivity index (χ4v) is 4.15. The third kappa shape index (κ3) is 3.42. The molecule has 8 nitrogen and oxygen atoms in total. The molecule has 0 saturated carbocycles. The Labute approximate surface area is 144 Å². The smallest absolute Gasteiger partial charge is 0.275 e. The number of aromatic nitrogens is 6. The molecule has 3 heterocycles. The van der Waals surface area contributed by atoms with E-state index in [1.165, 1.54) is 45.4 Å². The maximum absolute atomic E-state index is 12.1. The largest absolute Gasteiger partial charge is 0.330 e. The molecule has 0 fully saturated rings. The third-order valence-corrected chi connectivity index (χ3v) is 6.03. The van der Waals surface area contributed by atoms with Crippen molar-refractivity contribution in [3.8, 4) is 0 Å². The number of hydrogen-bond donors (Lipinski definition) is 1. The summed E-state index contributed by atoms with van der Waals surface area (Å²) in [5.41, 5.74) is 6.09. The van der Waals surface area contributed by atoms with Crippen LogP contribution >= 0.6 is 34.9 Å². The first-order valence-electron chi connectivity index (χ1n) is 6.77. The van der Waals surface area contributed by atoms with Gasteiger partial charge in [0.15, 0.2) is 9.50 Å². The molecule has 0 radical (unpaired) electrons. The van der Waals surface area contributed by atoms with Crippen LogP contribution in [-0.4, -0.2) is 42.2 Å². The quantitative estimate of drug-likeness (QED) is 0.636. The average molecular weight is 370 g/mol. The van der Waals surface area contributed by atoms with Crippen LogP contribution < -0.4 is 11.3 Å². The van der Waals surface area contributed by atoms with Gasteiger partial charge in [0.05, 0.1) is 5.69 Å². The number of nitrogens with zero attached hydrogens (tertiary/aromatic N) is 6. The summed E-state index contributed by atoms with van der Waals surface area (Å²) in [7, 11) is 1.91. The Balaban J connectivity index is 1.80. The fourth-order valence-electron chi connectivity index (χ4n) is 1.95. The molecule has 0 spiro atoms. The lowest BCUT2D eigenvalue weighted by Gasteiger charge is -2.02. The monoisotopic (exact) mass is 369 g/mol. The van der Waals surface area contributed by atoms with Gasteiger partial charge in [0, 0.05) is 25.3 Å². The summed E-state index contributed by atoms with van der Waals surface area (Å²) in [6.45, 7) is 0.536. The second-order valence-electron chi connectivity index (χ2n) is 4.64. The van der Waals surface area contributed by atoms with Gasteiger partial charge in [-0.3, -0.25) is 4.79 Å². The molecular formula is C12H15N7OS3. The Morgan fingerprint density at radius 2 is 2.22 bits per heavy atom. The summed E-state index contributed by atoms with van der Waals surface area (Å²) in [5.74, 6) is 1.40. The zero-order valence-corrected chi connectivity index (χ0v) is 15.0. The first-order chi connectivity index (χ1) is 11.1. The lowest BCUT2D eigenvalue weighted by molar-refractivity contribution is 0.726. The highest BCUT2D eigenvalue weighted by atomic mass is 32.2. The summed E-state index contributed by atoms with van der Waals surface area (Å²) >= 11 is 4.40. The van der Waals surface area contributed by atoms with Crippen LogP contribution in [0.15, 0.2) is 20.4 Å². The Morgan fingerprint density at radius 3 is 2.96 bits per heavy atom. The van der Waals surface area contributed by atoms with Gasteiger partial charge < -0.3 is 10.3 Å². The summed E-state index contributed by atoms with van der Waals surface area (Å²) in [5, 5.41) is 13.3. The van der Waals surface area contributed by atoms with Gasteiger partial charge in [-0.05, 0) is 12.8 Å². The van der Waals surface area contributed by atoms with Gasteiger partial charge in [-0.15, -0.1) is 15.3 Å². The van der Waals surface area contributed by atoms with Crippen LogP contribution in [0.25, 0.3) is 4.96 Å². The van der Waals surface area contributed by atoms with E-state index >= 15 is 0 Å². The first-order valence-corrected chi connectivity index (χ1v) is 9.80. The molecule has 0 aliphatic heterocycles. The van der Waals surface area contributed by atoms with Crippen molar-refractivity contribution < 1.29 is 0 Å². The second-order valence-corrected chi connectivity index (χ2v) is 7.59. The van der Waals surface area contributed by atoms with Crippen molar-refractivity contribution in [3.05, 3.63) is 27.9 Å². The van der Waals surface area contributed by atoms with Gasteiger partial charge in [-0.25, -0.2) is 4.98 Å². The SMILES string of the molecule is CSc1nn2c(=O)cc(CSc3nnc(CCN)n3C)nc2s1. The second kappa shape index (κ2) is 6.99. The van der Waals surface area contributed by atoms with E-state index in [0.717, 1.165) is 15.3 Å². The van der Waals surface area contributed by atoms with Crippen molar-refractivity contribution in [3.63, 3.8) is 0 Å². The highest BCUT2D eigenvalue weighted by molar-refractivity contribution is 8.00. The Morgan fingerprint density at radius 1 is 1.39 bits per heavy atom. The third-order valence-electron chi connectivity index (χ3n) is 3.10. The van der Waals surface area contributed by atoms with Crippen molar-refractivity contribution in [2.45, 2.75) is 21.7 Å². The van der Waals surface area contributed by atoms with E-state index in [-0.39, 0.29) is 5.56 Å². The molecule has 3 aromatic rings. The predicted octanol–water partition coefficient (Wildman–Crippen LogP) is 0.795. The summed E-state index contributed by atoms with van der Waals surface area (Å²) in [6, 6.07) is 1.51. The molecule has 0 amide bonds. The molecule has 0 aliphatic carbocycles. The molecule has 11 heteroatoms. The molecular weight excluding hydrogens is 354 g/mol. The Hall–Kier alpha value is -1.43. The molecule has 2 N–H and O–H groups in total. The van der Waals surface area contributed by atoms with Crippen molar-refractivity contribution >= 4 is 39.8 Å². The minimum atomic E-state index is -0.163. The maximum atomic E-state index is 12.1. The zero-order chi connectivity index (χ0) is 16.4.